The predicted octanol–water partition coefficient (Wildman–Crippen LogP) is 5.69. The van der Waals surface area contributed by atoms with Crippen LogP contribution in [0, 0.1) is 22.7 Å². The molecule has 0 bridgehead atoms. The molecule has 4 aromatic carbocycles. The molecule has 4 nitrogen and oxygen atoms in total. The fourth-order valence-corrected chi connectivity index (χ4v) is 4.36. The maximum Gasteiger partial charge on any atom is 0.146 e. The third-order valence-electron chi connectivity index (χ3n) is 5.62. The summed E-state index contributed by atoms with van der Waals surface area (Å²) in [6.07, 6.45) is 0. The third kappa shape index (κ3) is 1.98. The van der Waals surface area contributed by atoms with E-state index in [0.29, 0.717) is 11.1 Å². The lowest BCUT2D eigenvalue weighted by molar-refractivity contribution is 1.31. The Morgan fingerprint density at radius 2 is 1.45 bits per heavy atom. The van der Waals surface area contributed by atoms with Gasteiger partial charge in [-0.05, 0) is 41.1 Å². The first-order valence-electron chi connectivity index (χ1n) is 9.29. The maximum atomic E-state index is 9.62. The van der Waals surface area contributed by atoms with Gasteiger partial charge in [0.1, 0.15) is 17.8 Å². The number of nitrogens with zero attached hydrogens (tertiary/aromatic N) is 4. The number of hydrogen-bond donors (Lipinski definition) is 0. The summed E-state index contributed by atoms with van der Waals surface area (Å²) in [5.74, 6) is 0. The Labute approximate surface area is 165 Å². The van der Waals surface area contributed by atoms with Crippen molar-refractivity contribution < 1.29 is 0 Å². The zero-order valence-corrected chi connectivity index (χ0v) is 15.2. The van der Waals surface area contributed by atoms with E-state index in [9.17, 15) is 10.5 Å². The van der Waals surface area contributed by atoms with E-state index in [4.69, 9.17) is 4.98 Å². The molecule has 0 fully saturated rings. The van der Waals surface area contributed by atoms with Crippen molar-refractivity contribution in [3.63, 3.8) is 0 Å². The second-order valence-corrected chi connectivity index (χ2v) is 7.11. The third-order valence-corrected chi connectivity index (χ3v) is 5.62. The van der Waals surface area contributed by atoms with E-state index in [1.165, 1.54) is 0 Å². The van der Waals surface area contributed by atoms with E-state index in [0.717, 1.165) is 49.1 Å². The maximum absolute atomic E-state index is 9.62. The Bertz CT molecular complexity index is 1730. The van der Waals surface area contributed by atoms with Crippen LogP contribution in [0.2, 0.25) is 0 Å². The van der Waals surface area contributed by atoms with Crippen LogP contribution in [0.25, 0.3) is 49.1 Å². The van der Waals surface area contributed by atoms with Gasteiger partial charge in [-0.2, -0.15) is 10.5 Å². The van der Waals surface area contributed by atoms with E-state index < -0.39 is 0 Å². The van der Waals surface area contributed by atoms with Gasteiger partial charge >= 0.3 is 0 Å². The standard InChI is InChI=1S/C25H12N4/c26-13-16-11-20-23(12-17(16)14-27)29-22-8-4-3-7-21(22)28-25(29)19-10-9-15-5-1-2-6-18(15)24(19)20/h1-12H. The number of para-hydroxylation sites is 2. The molecule has 0 saturated heterocycles. The number of fused-ring (bicyclic) bond motifs is 10. The molecule has 0 N–H and O–H groups in total. The summed E-state index contributed by atoms with van der Waals surface area (Å²) in [6, 6.07) is 28.4. The Morgan fingerprint density at radius 3 is 2.31 bits per heavy atom. The quantitative estimate of drug-likeness (QED) is 0.324. The molecule has 0 amide bonds. The van der Waals surface area contributed by atoms with Crippen LogP contribution < -0.4 is 0 Å². The SMILES string of the molecule is N#Cc1cc2c3c4ccccc4ccc3c3nc4ccccc4n3c2cc1C#N. The van der Waals surface area contributed by atoms with Crippen molar-refractivity contribution in [3.8, 4) is 12.1 Å². The van der Waals surface area contributed by atoms with Crippen LogP contribution in [-0.4, -0.2) is 9.38 Å². The van der Waals surface area contributed by atoms with Crippen molar-refractivity contribution in [1.82, 2.24) is 9.38 Å². The van der Waals surface area contributed by atoms with Crippen molar-refractivity contribution in [2.45, 2.75) is 0 Å². The van der Waals surface area contributed by atoms with Gasteiger partial charge < -0.3 is 0 Å². The molecule has 0 radical (unpaired) electrons. The zero-order valence-electron chi connectivity index (χ0n) is 15.2. The van der Waals surface area contributed by atoms with Crippen molar-refractivity contribution >= 4 is 49.1 Å². The van der Waals surface area contributed by atoms with Crippen LogP contribution in [0.15, 0.2) is 72.8 Å². The molecule has 132 valence electrons. The number of pyridine rings is 1. The minimum absolute atomic E-state index is 0.374. The van der Waals surface area contributed by atoms with Gasteiger partial charge in [0.25, 0.3) is 0 Å². The molecule has 2 aromatic heterocycles. The van der Waals surface area contributed by atoms with Gasteiger partial charge in [0, 0.05) is 16.2 Å². The molecular formula is C25H12N4. The molecule has 0 aliphatic rings. The predicted molar refractivity (Wildman–Crippen MR) is 115 cm³/mol. The highest BCUT2D eigenvalue weighted by Crippen LogP contribution is 2.37. The fourth-order valence-electron chi connectivity index (χ4n) is 4.36. The fraction of sp³-hybridized carbons (Fsp3) is 0. The number of rotatable bonds is 0. The second kappa shape index (κ2) is 5.55. The highest BCUT2D eigenvalue weighted by atomic mass is 15.0. The summed E-state index contributed by atoms with van der Waals surface area (Å²) in [5, 5.41) is 24.5. The number of benzene rings is 4. The molecule has 2 heterocycles. The van der Waals surface area contributed by atoms with Gasteiger partial charge in [-0.15, -0.1) is 0 Å². The molecule has 6 aromatic rings. The molecule has 0 unspecified atom stereocenters. The Kier molecular flexibility index (Phi) is 2.99. The minimum atomic E-state index is 0.374. The van der Waals surface area contributed by atoms with Gasteiger partial charge in [-0.25, -0.2) is 4.98 Å². The van der Waals surface area contributed by atoms with Crippen LogP contribution in [0.5, 0.6) is 0 Å². The van der Waals surface area contributed by atoms with Crippen LogP contribution in [0.4, 0.5) is 0 Å². The Balaban J connectivity index is 2.04. The summed E-state index contributed by atoms with van der Waals surface area (Å²) < 4.78 is 2.10. The smallest absolute Gasteiger partial charge is 0.146 e. The second-order valence-electron chi connectivity index (χ2n) is 7.11. The minimum Gasteiger partial charge on any atom is -0.292 e. The normalized spacial score (nSPS) is 11.4. The largest absolute Gasteiger partial charge is 0.292 e. The molecule has 29 heavy (non-hydrogen) atoms. The highest BCUT2D eigenvalue weighted by molar-refractivity contribution is 6.24. The van der Waals surface area contributed by atoms with E-state index in [-0.39, 0.29) is 0 Å². The zero-order chi connectivity index (χ0) is 19.5. The monoisotopic (exact) mass is 368 g/mol. The van der Waals surface area contributed by atoms with Crippen molar-refractivity contribution in [1.29, 1.82) is 10.5 Å². The molecule has 4 heteroatoms. The summed E-state index contributed by atoms with van der Waals surface area (Å²) >= 11 is 0. The molecule has 0 aliphatic carbocycles. The van der Waals surface area contributed by atoms with Gasteiger partial charge in [0.2, 0.25) is 0 Å². The molecule has 6 rings (SSSR count). The van der Waals surface area contributed by atoms with E-state index >= 15 is 0 Å². The average Bonchev–Trinajstić information content (AvgIpc) is 3.17. The Morgan fingerprint density at radius 1 is 0.690 bits per heavy atom. The van der Waals surface area contributed by atoms with Crippen LogP contribution in [-0.2, 0) is 0 Å². The summed E-state index contributed by atoms with van der Waals surface area (Å²) in [6.45, 7) is 0. The summed E-state index contributed by atoms with van der Waals surface area (Å²) in [4.78, 5) is 4.91. The molecule has 0 aliphatic heterocycles. The number of nitriles is 2. The number of imidazole rings is 1. The molecule has 0 spiro atoms. The summed E-state index contributed by atoms with van der Waals surface area (Å²) in [5.41, 5.74) is 4.38. The highest BCUT2D eigenvalue weighted by Gasteiger charge is 2.17. The van der Waals surface area contributed by atoms with Crippen LogP contribution in [0.3, 0.4) is 0 Å². The first kappa shape index (κ1) is 15.6. The van der Waals surface area contributed by atoms with Crippen LogP contribution in [0.1, 0.15) is 11.1 Å². The first-order valence-corrected chi connectivity index (χ1v) is 9.29. The topological polar surface area (TPSA) is 64.9 Å². The molecular weight excluding hydrogens is 356 g/mol. The molecule has 0 saturated carbocycles. The Hall–Kier alpha value is -4.41. The average molecular weight is 368 g/mol. The number of aromatic nitrogens is 2. The first-order chi connectivity index (χ1) is 14.3. The number of hydrogen-bond acceptors (Lipinski definition) is 3. The lowest BCUT2D eigenvalue weighted by Crippen LogP contribution is -1.95. The van der Waals surface area contributed by atoms with E-state index in [1.807, 2.05) is 48.5 Å². The van der Waals surface area contributed by atoms with Gasteiger partial charge in [-0.3, -0.25) is 4.40 Å². The lowest BCUT2D eigenvalue weighted by Gasteiger charge is -2.12. The van der Waals surface area contributed by atoms with E-state index in [2.05, 4.69) is 40.8 Å². The summed E-state index contributed by atoms with van der Waals surface area (Å²) in [7, 11) is 0. The van der Waals surface area contributed by atoms with Crippen molar-refractivity contribution in [3.05, 3.63) is 83.9 Å². The van der Waals surface area contributed by atoms with Gasteiger partial charge in [-0.1, -0.05) is 42.5 Å². The van der Waals surface area contributed by atoms with Crippen molar-refractivity contribution in [2.24, 2.45) is 0 Å². The lowest BCUT2D eigenvalue weighted by atomic mass is 9.96. The van der Waals surface area contributed by atoms with Crippen LogP contribution >= 0.6 is 0 Å². The van der Waals surface area contributed by atoms with Crippen molar-refractivity contribution in [2.75, 3.05) is 0 Å². The van der Waals surface area contributed by atoms with E-state index in [1.54, 1.807) is 0 Å². The van der Waals surface area contributed by atoms with Gasteiger partial charge in [0.05, 0.1) is 27.7 Å². The molecule has 0 atom stereocenters. The van der Waals surface area contributed by atoms with Gasteiger partial charge in [0.15, 0.2) is 0 Å².